The number of nitrogens with zero attached hydrogens (tertiary/aromatic N) is 2. The highest BCUT2D eigenvalue weighted by Crippen LogP contribution is 2.11. The molecule has 0 N–H and O–H groups in total. The van der Waals surface area contributed by atoms with Crippen molar-refractivity contribution in [2.75, 3.05) is 19.7 Å². The summed E-state index contributed by atoms with van der Waals surface area (Å²) in [6, 6.07) is 7.97. The van der Waals surface area contributed by atoms with Crippen molar-refractivity contribution in [2.45, 2.75) is 33.1 Å². The fraction of sp³-hybridized carbons (Fsp3) is 0.500. The fourth-order valence-electron chi connectivity index (χ4n) is 2.23. The Labute approximate surface area is 120 Å². The first-order valence-electron chi connectivity index (χ1n) is 7.28. The molecule has 1 saturated heterocycles. The minimum Gasteiger partial charge on any atom is -0.465 e. The van der Waals surface area contributed by atoms with E-state index in [1.54, 1.807) is 6.07 Å². The molecule has 0 aromatic heterocycles. The number of ether oxygens (including phenoxy) is 1. The van der Waals surface area contributed by atoms with Gasteiger partial charge < -0.3 is 9.64 Å². The molecular formula is C16H22N2O2. The Morgan fingerprint density at radius 3 is 2.75 bits per heavy atom. The standard InChI is InChI=1S/C16H22N2O2/c1-3-11-20-16(18-9-4-5-10-18)17-15(19)14-8-6-7-13(2)12-14/h6-8,12H,3-5,9-11H2,1-2H3. The number of aryl methyl sites for hydroxylation is 1. The molecule has 1 aliphatic heterocycles. The second kappa shape index (κ2) is 7.08. The maximum atomic E-state index is 12.2. The van der Waals surface area contributed by atoms with E-state index in [0.29, 0.717) is 18.2 Å². The van der Waals surface area contributed by atoms with Crippen molar-refractivity contribution in [1.82, 2.24) is 4.90 Å². The lowest BCUT2D eigenvalue weighted by Gasteiger charge is -2.19. The SMILES string of the molecule is CCCOC(=NC(=O)c1cccc(C)c1)N1CCCC1. The Morgan fingerprint density at radius 2 is 2.10 bits per heavy atom. The molecular weight excluding hydrogens is 252 g/mol. The number of likely N-dealkylation sites (tertiary alicyclic amines) is 1. The highest BCUT2D eigenvalue weighted by Gasteiger charge is 2.19. The number of rotatable bonds is 3. The first kappa shape index (κ1) is 14.6. The molecule has 0 unspecified atom stereocenters. The maximum Gasteiger partial charge on any atom is 0.295 e. The smallest absolute Gasteiger partial charge is 0.295 e. The van der Waals surface area contributed by atoms with Gasteiger partial charge in [-0.05, 0) is 38.3 Å². The Morgan fingerprint density at radius 1 is 1.35 bits per heavy atom. The van der Waals surface area contributed by atoms with Crippen LogP contribution in [0.3, 0.4) is 0 Å². The molecule has 0 saturated carbocycles. The number of hydrogen-bond donors (Lipinski definition) is 0. The highest BCUT2D eigenvalue weighted by molar-refractivity contribution is 6.01. The van der Waals surface area contributed by atoms with Gasteiger partial charge in [0, 0.05) is 18.7 Å². The molecule has 1 heterocycles. The summed E-state index contributed by atoms with van der Waals surface area (Å²) in [6.07, 6.45) is 3.17. The van der Waals surface area contributed by atoms with Crippen LogP contribution >= 0.6 is 0 Å². The van der Waals surface area contributed by atoms with Crippen LogP contribution in [0.1, 0.15) is 42.1 Å². The summed E-state index contributed by atoms with van der Waals surface area (Å²) in [4.78, 5) is 18.5. The number of amides is 1. The van der Waals surface area contributed by atoms with Crippen molar-refractivity contribution in [3.8, 4) is 0 Å². The van der Waals surface area contributed by atoms with Gasteiger partial charge in [-0.25, -0.2) is 0 Å². The number of amidine groups is 1. The van der Waals surface area contributed by atoms with E-state index < -0.39 is 0 Å². The van der Waals surface area contributed by atoms with Gasteiger partial charge in [0.05, 0.1) is 6.61 Å². The second-order valence-corrected chi connectivity index (χ2v) is 5.11. The van der Waals surface area contributed by atoms with Crippen LogP contribution in [-0.4, -0.2) is 36.5 Å². The molecule has 1 aliphatic rings. The zero-order chi connectivity index (χ0) is 14.4. The van der Waals surface area contributed by atoms with Crippen molar-refractivity contribution in [3.63, 3.8) is 0 Å². The van der Waals surface area contributed by atoms with Crippen molar-refractivity contribution in [2.24, 2.45) is 4.99 Å². The summed E-state index contributed by atoms with van der Waals surface area (Å²) in [5.41, 5.74) is 1.67. The van der Waals surface area contributed by atoms with E-state index in [-0.39, 0.29) is 5.91 Å². The minimum atomic E-state index is -0.230. The van der Waals surface area contributed by atoms with Crippen LogP contribution in [0.4, 0.5) is 0 Å². The topological polar surface area (TPSA) is 41.9 Å². The summed E-state index contributed by atoms with van der Waals surface area (Å²) >= 11 is 0. The first-order valence-corrected chi connectivity index (χ1v) is 7.28. The normalized spacial score (nSPS) is 15.5. The van der Waals surface area contributed by atoms with Crippen molar-refractivity contribution < 1.29 is 9.53 Å². The summed E-state index contributed by atoms with van der Waals surface area (Å²) in [5, 5.41) is 0. The number of benzene rings is 1. The zero-order valence-corrected chi connectivity index (χ0v) is 12.3. The quantitative estimate of drug-likeness (QED) is 0.628. The third-order valence-electron chi connectivity index (χ3n) is 3.27. The monoisotopic (exact) mass is 274 g/mol. The predicted molar refractivity (Wildman–Crippen MR) is 80.0 cm³/mol. The van der Waals surface area contributed by atoms with E-state index in [9.17, 15) is 4.79 Å². The molecule has 4 heteroatoms. The van der Waals surface area contributed by atoms with Crippen molar-refractivity contribution >= 4 is 11.9 Å². The number of carbonyl (C=O) groups is 1. The third-order valence-corrected chi connectivity index (χ3v) is 3.27. The lowest BCUT2D eigenvalue weighted by molar-refractivity contribution is 0.0994. The molecule has 0 radical (unpaired) electrons. The molecule has 20 heavy (non-hydrogen) atoms. The predicted octanol–water partition coefficient (Wildman–Crippen LogP) is 3.01. The van der Waals surface area contributed by atoms with Crippen molar-refractivity contribution in [1.29, 1.82) is 0 Å². The second-order valence-electron chi connectivity index (χ2n) is 5.11. The van der Waals surface area contributed by atoms with Gasteiger partial charge in [0.2, 0.25) is 0 Å². The average Bonchev–Trinajstić information content (AvgIpc) is 2.97. The molecule has 4 nitrogen and oxygen atoms in total. The van der Waals surface area contributed by atoms with E-state index in [1.165, 1.54) is 0 Å². The van der Waals surface area contributed by atoms with Gasteiger partial charge in [-0.2, -0.15) is 4.99 Å². The lowest BCUT2D eigenvalue weighted by atomic mass is 10.1. The number of hydrogen-bond acceptors (Lipinski definition) is 2. The average molecular weight is 274 g/mol. The van der Waals surface area contributed by atoms with E-state index in [4.69, 9.17) is 4.74 Å². The minimum absolute atomic E-state index is 0.230. The first-order chi connectivity index (χ1) is 9.70. The van der Waals surface area contributed by atoms with Crippen molar-refractivity contribution in [3.05, 3.63) is 35.4 Å². The molecule has 0 bridgehead atoms. The molecule has 108 valence electrons. The Bertz CT molecular complexity index is 491. The van der Waals surface area contributed by atoms with Crippen LogP contribution < -0.4 is 0 Å². The van der Waals surface area contributed by atoms with E-state index in [0.717, 1.165) is 37.9 Å². The molecule has 0 atom stereocenters. The van der Waals surface area contributed by atoms with Gasteiger partial charge in [-0.3, -0.25) is 4.79 Å². The number of aliphatic imine (C=N–C) groups is 1. The van der Waals surface area contributed by atoms with Crippen LogP contribution in [0.15, 0.2) is 29.3 Å². The van der Waals surface area contributed by atoms with Crippen LogP contribution in [0, 0.1) is 6.92 Å². The molecule has 2 rings (SSSR count). The zero-order valence-electron chi connectivity index (χ0n) is 12.3. The molecule has 1 aromatic rings. The van der Waals surface area contributed by atoms with Gasteiger partial charge in [-0.15, -0.1) is 0 Å². The van der Waals surface area contributed by atoms with Crippen LogP contribution in [0.5, 0.6) is 0 Å². The van der Waals surface area contributed by atoms with Gasteiger partial charge in [0.15, 0.2) is 0 Å². The van der Waals surface area contributed by atoms with Crippen LogP contribution in [0.25, 0.3) is 0 Å². The fourth-order valence-corrected chi connectivity index (χ4v) is 2.23. The summed E-state index contributed by atoms with van der Waals surface area (Å²) in [5.74, 6) is -0.230. The number of carbonyl (C=O) groups excluding carboxylic acids is 1. The van der Waals surface area contributed by atoms with Crippen LogP contribution in [-0.2, 0) is 4.74 Å². The lowest BCUT2D eigenvalue weighted by Crippen LogP contribution is -2.31. The Hall–Kier alpha value is -1.84. The van der Waals surface area contributed by atoms with E-state index >= 15 is 0 Å². The molecule has 1 aromatic carbocycles. The van der Waals surface area contributed by atoms with Gasteiger partial charge in [0.1, 0.15) is 0 Å². The largest absolute Gasteiger partial charge is 0.465 e. The summed E-state index contributed by atoms with van der Waals surface area (Å²) in [6.45, 7) is 6.45. The molecule has 1 fully saturated rings. The Kier molecular flexibility index (Phi) is 5.16. The molecule has 1 amide bonds. The Balaban J connectivity index is 2.15. The van der Waals surface area contributed by atoms with Gasteiger partial charge in [0.25, 0.3) is 11.9 Å². The van der Waals surface area contributed by atoms with E-state index in [1.807, 2.05) is 32.0 Å². The molecule has 0 aliphatic carbocycles. The molecule has 0 spiro atoms. The summed E-state index contributed by atoms with van der Waals surface area (Å²) in [7, 11) is 0. The van der Waals surface area contributed by atoms with Crippen LogP contribution in [0.2, 0.25) is 0 Å². The highest BCUT2D eigenvalue weighted by atomic mass is 16.5. The maximum absolute atomic E-state index is 12.2. The third kappa shape index (κ3) is 3.83. The van der Waals surface area contributed by atoms with Gasteiger partial charge in [-0.1, -0.05) is 24.6 Å². The van der Waals surface area contributed by atoms with E-state index in [2.05, 4.69) is 9.89 Å². The summed E-state index contributed by atoms with van der Waals surface area (Å²) < 4.78 is 5.65. The van der Waals surface area contributed by atoms with Gasteiger partial charge >= 0.3 is 0 Å².